The lowest BCUT2D eigenvalue weighted by Crippen LogP contribution is -2.33. The highest BCUT2D eigenvalue weighted by molar-refractivity contribution is 7.81. The number of aliphatic hydroxyl groups is 1. The highest BCUT2D eigenvalue weighted by atomic mass is 32.1. The van der Waals surface area contributed by atoms with Crippen LogP contribution >= 0.6 is 12.6 Å². The lowest BCUT2D eigenvalue weighted by molar-refractivity contribution is -0.141. The van der Waals surface area contributed by atoms with Crippen LogP contribution < -0.4 is 10.1 Å². The number of hydrogen-bond acceptors (Lipinski definition) is 8. The van der Waals surface area contributed by atoms with Gasteiger partial charge in [-0.25, -0.2) is 4.79 Å². The Morgan fingerprint density at radius 2 is 1.81 bits per heavy atom. The Hall–Kier alpha value is -3.04. The quantitative estimate of drug-likeness (QED) is 0.348. The first-order valence-corrected chi connectivity index (χ1v) is 10.7. The summed E-state index contributed by atoms with van der Waals surface area (Å²) in [4.78, 5) is 36.1. The summed E-state index contributed by atoms with van der Waals surface area (Å²) < 4.78 is 16.1. The van der Waals surface area contributed by atoms with E-state index in [0.29, 0.717) is 23.3 Å². The van der Waals surface area contributed by atoms with Crippen LogP contribution in [-0.4, -0.2) is 48.6 Å². The molecule has 2 rings (SSSR count). The number of thiol groups is 1. The minimum absolute atomic E-state index is 0.0252. The average Bonchev–Trinajstić information content (AvgIpc) is 2.81. The zero-order chi connectivity index (χ0) is 23.3. The number of benzene rings is 2. The molecule has 2 N–H and O–H groups in total. The first kappa shape index (κ1) is 25.2. The van der Waals surface area contributed by atoms with Crippen molar-refractivity contribution in [2.24, 2.45) is 5.92 Å². The summed E-state index contributed by atoms with van der Waals surface area (Å²) in [5, 5.41) is 11.2. The van der Waals surface area contributed by atoms with Crippen molar-refractivity contribution in [2.75, 3.05) is 25.6 Å². The Bertz CT molecular complexity index is 891. The van der Waals surface area contributed by atoms with Gasteiger partial charge in [0.25, 0.3) is 5.91 Å². The summed E-state index contributed by atoms with van der Waals surface area (Å²) in [6, 6.07) is 15.2. The summed E-state index contributed by atoms with van der Waals surface area (Å²) in [6.45, 7) is 1.95. The van der Waals surface area contributed by atoms with Gasteiger partial charge >= 0.3 is 12.1 Å². The van der Waals surface area contributed by atoms with Crippen LogP contribution in [0.2, 0.25) is 0 Å². The van der Waals surface area contributed by atoms with Gasteiger partial charge in [0.15, 0.2) is 0 Å². The van der Waals surface area contributed by atoms with Gasteiger partial charge in [0.1, 0.15) is 18.5 Å². The minimum Gasteiger partial charge on any atom is -0.491 e. The fourth-order valence-electron chi connectivity index (χ4n) is 2.91. The van der Waals surface area contributed by atoms with Crippen molar-refractivity contribution in [3.8, 4) is 5.75 Å². The van der Waals surface area contributed by atoms with Crippen LogP contribution in [0.15, 0.2) is 54.6 Å². The van der Waals surface area contributed by atoms with Crippen LogP contribution in [0.25, 0.3) is 0 Å². The van der Waals surface area contributed by atoms with E-state index in [1.807, 2.05) is 6.92 Å². The molecule has 0 saturated heterocycles. The second kappa shape index (κ2) is 13.4. The van der Waals surface area contributed by atoms with Crippen molar-refractivity contribution >= 4 is 30.6 Å². The lowest BCUT2D eigenvalue weighted by Gasteiger charge is -2.25. The molecule has 0 aliphatic carbocycles. The van der Waals surface area contributed by atoms with Gasteiger partial charge in [0.05, 0.1) is 19.0 Å². The molecule has 32 heavy (non-hydrogen) atoms. The number of alkyl carbamates (subject to hydrolysis) is 1. The monoisotopic (exact) mass is 461 g/mol. The van der Waals surface area contributed by atoms with Gasteiger partial charge in [-0.05, 0) is 36.2 Å². The summed E-state index contributed by atoms with van der Waals surface area (Å²) >= 11 is 3.87. The molecule has 0 aliphatic rings. The minimum atomic E-state index is -0.898. The molecular formula is C23H27NO7S. The molecule has 8 nitrogen and oxygen atoms in total. The van der Waals surface area contributed by atoms with Gasteiger partial charge < -0.3 is 19.3 Å². The first-order chi connectivity index (χ1) is 15.4. The average molecular weight is 462 g/mol. The topological polar surface area (TPSA) is 111 Å². The molecule has 2 aromatic carbocycles. The molecular weight excluding hydrogens is 434 g/mol. The van der Waals surface area contributed by atoms with Crippen LogP contribution in [0.4, 0.5) is 4.79 Å². The first-order valence-electron chi connectivity index (χ1n) is 10.1. The number of aliphatic hydroxyl groups excluding tert-OH is 1. The molecule has 0 aliphatic heterocycles. The maximum atomic E-state index is 12.5. The van der Waals surface area contributed by atoms with Gasteiger partial charge in [-0.15, -0.1) is 0 Å². The Labute approximate surface area is 192 Å². The Kier molecular flexibility index (Phi) is 10.6. The summed E-state index contributed by atoms with van der Waals surface area (Å²) in [6.07, 6.45) is -1.23. The van der Waals surface area contributed by atoms with Gasteiger partial charge in [-0.2, -0.15) is 12.6 Å². The summed E-state index contributed by atoms with van der Waals surface area (Å²) in [5.41, 5.74) is 0.961. The second-order valence-corrected chi connectivity index (χ2v) is 7.25. The van der Waals surface area contributed by atoms with Crippen LogP contribution in [0, 0.1) is 5.92 Å². The van der Waals surface area contributed by atoms with Gasteiger partial charge in [-0.3, -0.25) is 14.9 Å². The number of carbonyl (C=O) groups is 3. The predicted molar refractivity (Wildman–Crippen MR) is 121 cm³/mol. The Balaban J connectivity index is 2.13. The van der Waals surface area contributed by atoms with E-state index in [1.165, 1.54) is 0 Å². The molecule has 0 radical (unpaired) electrons. The smallest absolute Gasteiger partial charge is 0.414 e. The van der Waals surface area contributed by atoms with E-state index in [4.69, 9.17) is 19.3 Å². The highest BCUT2D eigenvalue weighted by Gasteiger charge is 2.25. The van der Waals surface area contributed by atoms with Gasteiger partial charge in [0.2, 0.25) is 0 Å². The SMILES string of the molecule is C[C@@H](CCOC(=O)CS)[C@@H](OC(=O)NC(=O)c1ccccc1)c1cccc(OCCO)c1. The molecule has 0 aromatic heterocycles. The molecule has 9 heteroatoms. The van der Waals surface area contributed by atoms with Crippen LogP contribution in [0.3, 0.4) is 0 Å². The van der Waals surface area contributed by atoms with Crippen molar-refractivity contribution < 1.29 is 33.7 Å². The normalized spacial score (nSPS) is 12.3. The Morgan fingerprint density at radius 3 is 2.50 bits per heavy atom. The van der Waals surface area contributed by atoms with E-state index in [-0.39, 0.29) is 31.5 Å². The summed E-state index contributed by atoms with van der Waals surface area (Å²) in [5.74, 6) is -0.802. The number of ether oxygens (including phenoxy) is 3. The fourth-order valence-corrected chi connectivity index (χ4v) is 3.00. The van der Waals surface area contributed by atoms with Crippen molar-refractivity contribution in [2.45, 2.75) is 19.4 Å². The van der Waals surface area contributed by atoms with Crippen LogP contribution in [0.1, 0.15) is 35.4 Å². The number of nitrogens with one attached hydrogen (secondary N) is 1. The van der Waals surface area contributed by atoms with E-state index >= 15 is 0 Å². The zero-order valence-electron chi connectivity index (χ0n) is 17.7. The van der Waals surface area contributed by atoms with E-state index < -0.39 is 24.1 Å². The molecule has 0 unspecified atom stereocenters. The maximum absolute atomic E-state index is 12.5. The van der Waals surface area contributed by atoms with Crippen molar-refractivity contribution in [1.29, 1.82) is 0 Å². The van der Waals surface area contributed by atoms with Crippen molar-refractivity contribution in [3.63, 3.8) is 0 Å². The molecule has 2 atom stereocenters. The van der Waals surface area contributed by atoms with E-state index in [2.05, 4.69) is 17.9 Å². The molecule has 172 valence electrons. The third-order valence-electron chi connectivity index (χ3n) is 4.51. The lowest BCUT2D eigenvalue weighted by atomic mass is 9.94. The second-order valence-electron chi connectivity index (χ2n) is 6.94. The van der Waals surface area contributed by atoms with Crippen LogP contribution in [-0.2, 0) is 14.3 Å². The third kappa shape index (κ3) is 8.24. The molecule has 0 spiro atoms. The zero-order valence-corrected chi connectivity index (χ0v) is 18.6. The van der Waals surface area contributed by atoms with Crippen LogP contribution in [0.5, 0.6) is 5.75 Å². The van der Waals surface area contributed by atoms with E-state index in [0.717, 1.165) is 0 Å². The van der Waals surface area contributed by atoms with Crippen molar-refractivity contribution in [1.82, 2.24) is 5.32 Å². The molecule has 2 amide bonds. The van der Waals surface area contributed by atoms with Gasteiger partial charge in [-0.1, -0.05) is 37.3 Å². The van der Waals surface area contributed by atoms with Crippen molar-refractivity contribution in [3.05, 3.63) is 65.7 Å². The maximum Gasteiger partial charge on any atom is 0.414 e. The van der Waals surface area contributed by atoms with E-state index in [1.54, 1.807) is 54.6 Å². The molecule has 0 heterocycles. The number of rotatable bonds is 11. The standard InChI is InChI=1S/C23H27NO7S/c1-16(10-12-30-20(26)15-32)21(18-8-5-9-19(14-18)29-13-11-25)31-23(28)24-22(27)17-6-3-2-4-7-17/h2-9,14,16,21,25,32H,10-13,15H2,1H3,(H,24,27,28)/t16-,21+/m0/s1. The highest BCUT2D eigenvalue weighted by Crippen LogP contribution is 2.31. The number of hydrogen-bond donors (Lipinski definition) is 3. The molecule has 0 saturated carbocycles. The third-order valence-corrected chi connectivity index (χ3v) is 4.77. The Morgan fingerprint density at radius 1 is 1.06 bits per heavy atom. The number of esters is 1. The molecule has 0 fully saturated rings. The van der Waals surface area contributed by atoms with Gasteiger partial charge in [0, 0.05) is 11.5 Å². The number of imide groups is 1. The molecule has 2 aromatic rings. The fraction of sp³-hybridized carbons (Fsp3) is 0.348. The summed E-state index contributed by atoms with van der Waals surface area (Å²) in [7, 11) is 0. The largest absolute Gasteiger partial charge is 0.491 e. The molecule has 0 bridgehead atoms. The number of amides is 2. The number of carbonyl (C=O) groups excluding carboxylic acids is 3. The van der Waals surface area contributed by atoms with E-state index in [9.17, 15) is 14.4 Å². The predicted octanol–water partition coefficient (Wildman–Crippen LogP) is 3.16.